The van der Waals surface area contributed by atoms with Crippen LogP contribution in [-0.2, 0) is 19.1 Å². The molecule has 5 nitrogen and oxygen atoms in total. The van der Waals surface area contributed by atoms with E-state index >= 15 is 0 Å². The summed E-state index contributed by atoms with van der Waals surface area (Å²) >= 11 is 0. The van der Waals surface area contributed by atoms with Crippen LogP contribution in [0.2, 0.25) is 0 Å². The first kappa shape index (κ1) is 54.0. The van der Waals surface area contributed by atoms with E-state index < -0.39 is 6.10 Å². The molecule has 324 valence electrons. The second-order valence-corrected chi connectivity index (χ2v) is 14.4. The number of allylic oxidation sites excluding steroid dienone is 22. The number of aliphatic hydroxyl groups excluding tert-OH is 1. The maximum absolute atomic E-state index is 12.2. The smallest absolute Gasteiger partial charge is 0.306 e. The molecule has 0 bridgehead atoms. The average Bonchev–Trinajstić information content (AvgIpc) is 3.23. The molecule has 0 saturated heterocycles. The summed E-state index contributed by atoms with van der Waals surface area (Å²) in [6, 6.07) is 0. The molecule has 0 aromatic heterocycles. The fourth-order valence-corrected chi connectivity index (χ4v) is 5.58. The molecular formula is C53H82O5. The van der Waals surface area contributed by atoms with Gasteiger partial charge in [-0.05, 0) is 109 Å². The number of aliphatic hydroxyl groups is 1. The average molecular weight is 799 g/mol. The molecule has 1 N–H and O–H groups in total. The molecule has 0 fully saturated rings. The van der Waals surface area contributed by atoms with Gasteiger partial charge in [-0.2, -0.15) is 0 Å². The zero-order valence-electron chi connectivity index (χ0n) is 36.7. The summed E-state index contributed by atoms with van der Waals surface area (Å²) in [4.78, 5) is 24.3. The van der Waals surface area contributed by atoms with Crippen molar-refractivity contribution < 1.29 is 24.2 Å². The molecule has 1 unspecified atom stereocenters. The van der Waals surface area contributed by atoms with Crippen molar-refractivity contribution in [2.45, 2.75) is 174 Å². The summed E-state index contributed by atoms with van der Waals surface area (Å²) in [7, 11) is 0. The summed E-state index contributed by atoms with van der Waals surface area (Å²) in [6.07, 6.45) is 71.0. The van der Waals surface area contributed by atoms with Crippen molar-refractivity contribution in [2.24, 2.45) is 0 Å². The first-order chi connectivity index (χ1) is 28.6. The van der Waals surface area contributed by atoms with Gasteiger partial charge in [-0.1, -0.05) is 180 Å². The van der Waals surface area contributed by atoms with E-state index in [4.69, 9.17) is 9.47 Å². The largest absolute Gasteiger partial charge is 0.462 e. The molecule has 0 aromatic rings. The molecular weight excluding hydrogens is 717 g/mol. The number of carbonyl (C=O) groups is 2. The SMILES string of the molecule is CC/C=C\C/C=C\C/C=C\C/C=C\C/C=C\C/C=C\C/C=C\CCCCCCCCCC(=O)OC(CO)COC(=O)CCCC/C=C\C/C=C\C/C=C\C/C=C\CC. The molecule has 0 aliphatic rings. The summed E-state index contributed by atoms with van der Waals surface area (Å²) in [5, 5.41) is 9.59. The predicted octanol–water partition coefficient (Wildman–Crippen LogP) is 15.0. The van der Waals surface area contributed by atoms with Crippen LogP contribution >= 0.6 is 0 Å². The predicted molar refractivity (Wildman–Crippen MR) is 251 cm³/mol. The Balaban J connectivity index is 3.67. The van der Waals surface area contributed by atoms with Crippen LogP contribution < -0.4 is 0 Å². The van der Waals surface area contributed by atoms with Crippen LogP contribution in [0.3, 0.4) is 0 Å². The van der Waals surface area contributed by atoms with Gasteiger partial charge in [0, 0.05) is 12.8 Å². The molecule has 5 heteroatoms. The van der Waals surface area contributed by atoms with Crippen LogP contribution in [0.5, 0.6) is 0 Å². The number of hydrogen-bond donors (Lipinski definition) is 1. The Morgan fingerprint density at radius 2 is 0.690 bits per heavy atom. The van der Waals surface area contributed by atoms with E-state index in [1.54, 1.807) is 0 Å². The lowest BCUT2D eigenvalue weighted by molar-refractivity contribution is -0.161. The zero-order chi connectivity index (χ0) is 42.1. The van der Waals surface area contributed by atoms with E-state index in [1.807, 2.05) is 0 Å². The van der Waals surface area contributed by atoms with Gasteiger partial charge in [-0.25, -0.2) is 0 Å². The highest BCUT2D eigenvalue weighted by Gasteiger charge is 2.16. The minimum atomic E-state index is -0.805. The normalized spacial score (nSPS) is 13.5. The molecule has 0 spiro atoms. The lowest BCUT2D eigenvalue weighted by Gasteiger charge is -2.15. The number of ether oxygens (including phenoxy) is 2. The standard InChI is InChI=1S/C53H82O5/c1-3-5-7-9-11-13-15-17-19-20-21-22-23-24-25-26-27-28-29-30-31-32-34-36-38-40-42-44-46-48-53(56)58-51(49-54)50-57-52(55)47-45-43-41-39-37-35-33-18-16-14-12-10-8-6-4-2/h5-8,11-14,17-19,21-22,24-25,27-28,30-31,33,37,39,51,54H,3-4,9-10,15-16,20,23,26,29,32,34-36,38,40-50H2,1-2H3/b7-5-,8-6-,13-11-,14-12-,19-17-,22-21-,25-24-,28-27-,31-30-,33-18-,39-37-. The van der Waals surface area contributed by atoms with Crippen LogP contribution in [0, 0.1) is 0 Å². The first-order valence-electron chi connectivity index (χ1n) is 22.7. The van der Waals surface area contributed by atoms with Gasteiger partial charge in [0.25, 0.3) is 0 Å². The molecule has 1 atom stereocenters. The lowest BCUT2D eigenvalue weighted by Crippen LogP contribution is -2.28. The summed E-state index contributed by atoms with van der Waals surface area (Å²) in [6.45, 7) is 3.84. The Bertz CT molecular complexity index is 1270. The summed E-state index contributed by atoms with van der Waals surface area (Å²) in [5.74, 6) is -0.666. The molecule has 0 aliphatic heterocycles. The minimum absolute atomic E-state index is 0.102. The van der Waals surface area contributed by atoms with Crippen LogP contribution in [-0.4, -0.2) is 36.4 Å². The van der Waals surface area contributed by atoms with Crippen LogP contribution in [0.4, 0.5) is 0 Å². The molecule has 0 aromatic carbocycles. The molecule has 0 aliphatic carbocycles. The molecule has 0 rings (SSSR count). The number of unbranched alkanes of at least 4 members (excludes halogenated alkanes) is 9. The van der Waals surface area contributed by atoms with E-state index in [2.05, 4.69) is 148 Å². The molecule has 0 saturated carbocycles. The Labute approximate surface area is 355 Å². The van der Waals surface area contributed by atoms with Crippen LogP contribution in [0.15, 0.2) is 134 Å². The Kier molecular flexibility index (Phi) is 44.2. The second-order valence-electron chi connectivity index (χ2n) is 14.4. The van der Waals surface area contributed by atoms with Crippen molar-refractivity contribution in [3.05, 3.63) is 134 Å². The van der Waals surface area contributed by atoms with Crippen LogP contribution in [0.1, 0.15) is 168 Å². The number of rotatable bonds is 39. The van der Waals surface area contributed by atoms with Gasteiger partial charge < -0.3 is 14.6 Å². The lowest BCUT2D eigenvalue weighted by atomic mass is 10.1. The molecule has 0 amide bonds. The third-order valence-electron chi connectivity index (χ3n) is 8.94. The summed E-state index contributed by atoms with van der Waals surface area (Å²) in [5.41, 5.74) is 0. The maximum atomic E-state index is 12.2. The van der Waals surface area contributed by atoms with E-state index in [1.165, 1.54) is 25.7 Å². The van der Waals surface area contributed by atoms with E-state index in [-0.39, 0.29) is 25.2 Å². The van der Waals surface area contributed by atoms with Gasteiger partial charge in [-0.15, -0.1) is 0 Å². The van der Waals surface area contributed by atoms with Gasteiger partial charge in [0.1, 0.15) is 6.61 Å². The highest BCUT2D eigenvalue weighted by atomic mass is 16.6. The highest BCUT2D eigenvalue weighted by molar-refractivity contribution is 5.70. The van der Waals surface area contributed by atoms with E-state index in [9.17, 15) is 14.7 Å². The summed E-state index contributed by atoms with van der Waals surface area (Å²) < 4.78 is 10.6. The maximum Gasteiger partial charge on any atom is 0.306 e. The minimum Gasteiger partial charge on any atom is -0.462 e. The van der Waals surface area contributed by atoms with Crippen molar-refractivity contribution in [1.29, 1.82) is 0 Å². The van der Waals surface area contributed by atoms with Crippen molar-refractivity contribution in [1.82, 2.24) is 0 Å². The quantitative estimate of drug-likeness (QED) is 0.0381. The fourth-order valence-electron chi connectivity index (χ4n) is 5.58. The third-order valence-corrected chi connectivity index (χ3v) is 8.94. The molecule has 0 radical (unpaired) electrons. The number of hydrogen-bond acceptors (Lipinski definition) is 5. The molecule has 58 heavy (non-hydrogen) atoms. The van der Waals surface area contributed by atoms with Crippen molar-refractivity contribution >= 4 is 11.9 Å². The van der Waals surface area contributed by atoms with Crippen molar-refractivity contribution in [3.8, 4) is 0 Å². The fraction of sp³-hybridized carbons (Fsp3) is 0.547. The zero-order valence-corrected chi connectivity index (χ0v) is 36.7. The van der Waals surface area contributed by atoms with Gasteiger partial charge >= 0.3 is 11.9 Å². The number of esters is 2. The van der Waals surface area contributed by atoms with Gasteiger partial charge in [0.15, 0.2) is 6.10 Å². The van der Waals surface area contributed by atoms with E-state index in [0.717, 1.165) is 116 Å². The van der Waals surface area contributed by atoms with Crippen LogP contribution in [0.25, 0.3) is 0 Å². The van der Waals surface area contributed by atoms with Gasteiger partial charge in [0.05, 0.1) is 6.61 Å². The topological polar surface area (TPSA) is 72.8 Å². The Hall–Kier alpha value is -3.96. The first-order valence-corrected chi connectivity index (χ1v) is 22.7. The monoisotopic (exact) mass is 799 g/mol. The van der Waals surface area contributed by atoms with Gasteiger partial charge in [0.2, 0.25) is 0 Å². The molecule has 0 heterocycles. The van der Waals surface area contributed by atoms with Gasteiger partial charge in [-0.3, -0.25) is 9.59 Å². The Morgan fingerprint density at radius 3 is 1.07 bits per heavy atom. The van der Waals surface area contributed by atoms with Crippen molar-refractivity contribution in [2.75, 3.05) is 13.2 Å². The number of carbonyl (C=O) groups excluding carboxylic acids is 2. The van der Waals surface area contributed by atoms with Crippen molar-refractivity contribution in [3.63, 3.8) is 0 Å². The second kappa shape index (κ2) is 47.4. The highest BCUT2D eigenvalue weighted by Crippen LogP contribution is 2.12. The third kappa shape index (κ3) is 44.8. The Morgan fingerprint density at radius 1 is 0.397 bits per heavy atom. The van der Waals surface area contributed by atoms with E-state index in [0.29, 0.717) is 12.8 Å².